The first-order chi connectivity index (χ1) is 16.6. The monoisotopic (exact) mass is 567 g/mol. The van der Waals surface area contributed by atoms with Crippen LogP contribution in [-0.4, -0.2) is 55.6 Å². The largest absolute Gasteiger partial charge is 0.507 e. The van der Waals surface area contributed by atoms with E-state index in [0.717, 1.165) is 0 Å². The van der Waals surface area contributed by atoms with Crippen molar-refractivity contribution in [3.8, 4) is 17.2 Å². The first-order valence-corrected chi connectivity index (χ1v) is 12.2. The zero-order valence-electron chi connectivity index (χ0n) is 19.8. The summed E-state index contributed by atoms with van der Waals surface area (Å²) in [5.41, 5.74) is 0.587. The average molecular weight is 569 g/mol. The van der Waals surface area contributed by atoms with Gasteiger partial charge in [0.05, 0.1) is 26.7 Å². The van der Waals surface area contributed by atoms with Crippen molar-refractivity contribution < 1.29 is 33.7 Å². The van der Waals surface area contributed by atoms with Crippen molar-refractivity contribution in [2.45, 2.75) is 44.8 Å². The number of nitrogens with one attached hydrogen (secondary N) is 1. The topological polar surface area (TPSA) is 111 Å². The Morgan fingerprint density at radius 1 is 1.17 bits per heavy atom. The molecule has 1 aliphatic rings. The highest BCUT2D eigenvalue weighted by atomic mass is 79.9. The van der Waals surface area contributed by atoms with Crippen LogP contribution in [-0.2, 0) is 9.53 Å². The van der Waals surface area contributed by atoms with Crippen LogP contribution >= 0.6 is 27.5 Å². The van der Waals surface area contributed by atoms with Crippen LogP contribution in [0.4, 0.5) is 0 Å². The Morgan fingerprint density at radius 3 is 2.46 bits per heavy atom. The van der Waals surface area contributed by atoms with Crippen LogP contribution in [0.25, 0.3) is 0 Å². The predicted molar refractivity (Wildman–Crippen MR) is 134 cm³/mol. The van der Waals surface area contributed by atoms with Crippen molar-refractivity contribution >= 4 is 45.1 Å². The van der Waals surface area contributed by atoms with Crippen LogP contribution in [0.1, 0.15) is 58.9 Å². The number of halogens is 2. The number of methoxy groups -OCH3 is 2. The molecule has 3 unspecified atom stereocenters. The minimum atomic E-state index is -0.606. The van der Waals surface area contributed by atoms with E-state index in [1.54, 1.807) is 19.1 Å². The number of rotatable bonds is 9. The van der Waals surface area contributed by atoms with Crippen molar-refractivity contribution in [1.82, 2.24) is 5.32 Å². The molecule has 1 heterocycles. The van der Waals surface area contributed by atoms with Gasteiger partial charge in [-0.1, -0.05) is 11.6 Å². The lowest BCUT2D eigenvalue weighted by Crippen LogP contribution is -2.39. The van der Waals surface area contributed by atoms with Gasteiger partial charge in [-0.15, -0.1) is 0 Å². The van der Waals surface area contributed by atoms with Crippen LogP contribution in [0.3, 0.4) is 0 Å². The molecule has 10 heteroatoms. The number of phenols is 1. The highest BCUT2D eigenvalue weighted by molar-refractivity contribution is 9.10. The number of ether oxygens (including phenoxy) is 3. The SMILES string of the molecule is COc1cc(OC)c(C2CCNC2C(C)OC(C)=O)c(O)c1C(=O)CC(=O)c1ccc(Cl)cc1Br. The van der Waals surface area contributed by atoms with Gasteiger partial charge in [-0.3, -0.25) is 14.4 Å². The summed E-state index contributed by atoms with van der Waals surface area (Å²) in [6.07, 6.45) is -0.377. The molecule has 2 aromatic carbocycles. The third-order valence-electron chi connectivity index (χ3n) is 6.03. The van der Waals surface area contributed by atoms with Crippen LogP contribution in [0.5, 0.6) is 17.2 Å². The molecule has 2 aromatic rings. The molecule has 188 valence electrons. The number of hydrogen-bond acceptors (Lipinski definition) is 8. The number of carbonyl (C=O) groups is 3. The number of carbonyl (C=O) groups excluding carboxylic acids is 3. The maximum Gasteiger partial charge on any atom is 0.302 e. The Kier molecular flexibility index (Phi) is 8.79. The Morgan fingerprint density at radius 2 is 1.86 bits per heavy atom. The highest BCUT2D eigenvalue weighted by Gasteiger charge is 2.39. The molecule has 0 bridgehead atoms. The third kappa shape index (κ3) is 5.79. The maximum atomic E-state index is 13.3. The summed E-state index contributed by atoms with van der Waals surface area (Å²) in [4.78, 5) is 37.7. The van der Waals surface area contributed by atoms with Gasteiger partial charge in [0, 0.05) is 39.5 Å². The standard InChI is InChI=1S/C25H27BrClNO7/c1-12(35-13(2)29)24-16(7-8-28-24)22-20(33-3)11-21(34-4)23(25(22)32)19(31)10-18(30)15-6-5-14(27)9-17(15)26/h5-6,9,11-12,16,24,28,32H,7-8,10H2,1-4H3. The van der Waals surface area contributed by atoms with Gasteiger partial charge in [-0.25, -0.2) is 0 Å². The highest BCUT2D eigenvalue weighted by Crippen LogP contribution is 2.47. The van der Waals surface area contributed by atoms with Gasteiger partial charge in [0.1, 0.15) is 28.9 Å². The molecule has 0 spiro atoms. The molecule has 0 aliphatic carbocycles. The minimum absolute atomic E-state index is 0.0895. The Bertz CT molecular complexity index is 1150. The molecular weight excluding hydrogens is 542 g/mol. The lowest BCUT2D eigenvalue weighted by atomic mass is 9.85. The van der Waals surface area contributed by atoms with Crippen molar-refractivity contribution in [2.75, 3.05) is 20.8 Å². The van der Waals surface area contributed by atoms with Crippen molar-refractivity contribution in [1.29, 1.82) is 0 Å². The number of esters is 1. The molecule has 0 radical (unpaired) electrons. The molecule has 1 aliphatic heterocycles. The summed E-state index contributed by atoms with van der Waals surface area (Å²) >= 11 is 9.25. The number of hydrogen-bond donors (Lipinski definition) is 2. The normalized spacial score (nSPS) is 18.1. The molecule has 3 atom stereocenters. The zero-order valence-corrected chi connectivity index (χ0v) is 22.2. The van der Waals surface area contributed by atoms with E-state index in [4.69, 9.17) is 25.8 Å². The van der Waals surface area contributed by atoms with E-state index >= 15 is 0 Å². The lowest BCUT2D eigenvalue weighted by molar-refractivity contribution is -0.146. The van der Waals surface area contributed by atoms with Gasteiger partial charge in [-0.05, 0) is 54.0 Å². The van der Waals surface area contributed by atoms with Gasteiger partial charge in [0.25, 0.3) is 0 Å². The second kappa shape index (κ2) is 11.4. The molecular formula is C25H27BrClNO7. The summed E-state index contributed by atoms with van der Waals surface area (Å²) in [6, 6.07) is 5.87. The molecule has 3 rings (SSSR count). The van der Waals surface area contributed by atoms with Crippen molar-refractivity contribution in [2.24, 2.45) is 0 Å². The summed E-state index contributed by atoms with van der Waals surface area (Å²) in [5.74, 6) is -1.69. The molecule has 0 saturated carbocycles. The fourth-order valence-corrected chi connectivity index (χ4v) is 5.42. The van der Waals surface area contributed by atoms with Gasteiger partial charge in [-0.2, -0.15) is 0 Å². The van der Waals surface area contributed by atoms with E-state index in [0.29, 0.717) is 39.3 Å². The van der Waals surface area contributed by atoms with Crippen LogP contribution in [0.2, 0.25) is 5.02 Å². The van der Waals surface area contributed by atoms with Gasteiger partial charge in [0.2, 0.25) is 0 Å². The minimum Gasteiger partial charge on any atom is -0.507 e. The second-order valence-electron chi connectivity index (χ2n) is 8.26. The lowest BCUT2D eigenvalue weighted by Gasteiger charge is -2.28. The van der Waals surface area contributed by atoms with Crippen LogP contribution in [0.15, 0.2) is 28.7 Å². The average Bonchev–Trinajstić information content (AvgIpc) is 3.27. The van der Waals surface area contributed by atoms with E-state index in [-0.39, 0.29) is 29.0 Å². The summed E-state index contributed by atoms with van der Waals surface area (Å²) in [6.45, 7) is 3.71. The Hall–Kier alpha value is -2.62. The molecule has 8 nitrogen and oxygen atoms in total. The molecule has 0 aromatic heterocycles. The predicted octanol–water partition coefficient (Wildman–Crippen LogP) is 4.68. The third-order valence-corrected chi connectivity index (χ3v) is 6.93. The zero-order chi connectivity index (χ0) is 25.9. The van der Waals surface area contributed by atoms with E-state index in [1.807, 2.05) is 0 Å². The van der Waals surface area contributed by atoms with Crippen LogP contribution in [0, 0.1) is 0 Å². The van der Waals surface area contributed by atoms with Crippen molar-refractivity contribution in [3.05, 3.63) is 50.5 Å². The van der Waals surface area contributed by atoms with Gasteiger partial charge >= 0.3 is 5.97 Å². The van der Waals surface area contributed by atoms with Crippen LogP contribution < -0.4 is 14.8 Å². The van der Waals surface area contributed by atoms with E-state index in [2.05, 4.69) is 21.2 Å². The molecule has 35 heavy (non-hydrogen) atoms. The smallest absolute Gasteiger partial charge is 0.302 e. The number of phenolic OH excluding ortho intramolecular Hbond substituents is 1. The van der Waals surface area contributed by atoms with E-state index < -0.39 is 30.1 Å². The fourth-order valence-electron chi connectivity index (χ4n) is 4.52. The quantitative estimate of drug-likeness (QED) is 0.255. The number of ketones is 2. The summed E-state index contributed by atoms with van der Waals surface area (Å²) in [7, 11) is 2.82. The second-order valence-corrected chi connectivity index (χ2v) is 9.55. The molecule has 1 fully saturated rings. The number of aromatic hydroxyl groups is 1. The molecule has 1 saturated heterocycles. The summed E-state index contributed by atoms with van der Waals surface area (Å²) < 4.78 is 16.7. The number of benzene rings is 2. The first kappa shape index (κ1) is 27.0. The molecule has 0 amide bonds. The Balaban J connectivity index is 2.02. The molecule has 2 N–H and O–H groups in total. The summed E-state index contributed by atoms with van der Waals surface area (Å²) in [5, 5.41) is 15.1. The Labute approximate surface area is 217 Å². The number of Topliss-reactive ketones (excluding diaryl/α,β-unsaturated/α-hetero) is 2. The van der Waals surface area contributed by atoms with E-state index in [1.165, 1.54) is 33.3 Å². The fraction of sp³-hybridized carbons (Fsp3) is 0.400. The van der Waals surface area contributed by atoms with Gasteiger partial charge in [0.15, 0.2) is 11.6 Å². The van der Waals surface area contributed by atoms with Gasteiger partial charge < -0.3 is 24.6 Å². The first-order valence-electron chi connectivity index (χ1n) is 11.0. The van der Waals surface area contributed by atoms with E-state index in [9.17, 15) is 19.5 Å². The maximum absolute atomic E-state index is 13.3. The van der Waals surface area contributed by atoms with Crippen molar-refractivity contribution in [3.63, 3.8) is 0 Å².